The lowest BCUT2D eigenvalue weighted by molar-refractivity contribution is 0.493. The molecule has 0 amide bonds. The monoisotopic (exact) mass is 321 g/mol. The molecule has 1 aromatic heterocycles. The van der Waals surface area contributed by atoms with Crippen LogP contribution in [0.5, 0.6) is 0 Å². The van der Waals surface area contributed by atoms with E-state index in [1.807, 2.05) is 13.0 Å². The third kappa shape index (κ3) is 3.71. The molecule has 2 aromatic rings. The van der Waals surface area contributed by atoms with Crippen molar-refractivity contribution in [3.8, 4) is 0 Å². The number of rotatable bonds is 6. The molecule has 0 bridgehead atoms. The number of hydrogen-bond donors (Lipinski definition) is 1. The summed E-state index contributed by atoms with van der Waals surface area (Å²) < 4.78 is 6.61. The van der Waals surface area contributed by atoms with E-state index in [4.69, 9.17) is 4.42 Å². The highest BCUT2D eigenvalue weighted by molar-refractivity contribution is 9.10. The van der Waals surface area contributed by atoms with Crippen LogP contribution in [-0.4, -0.2) is 6.54 Å². The van der Waals surface area contributed by atoms with Crippen LogP contribution in [0.4, 0.5) is 0 Å². The summed E-state index contributed by atoms with van der Waals surface area (Å²) in [6.45, 7) is 5.22. The van der Waals surface area contributed by atoms with Crippen molar-refractivity contribution >= 4 is 15.9 Å². The Labute approximate surface area is 123 Å². The lowest BCUT2D eigenvalue weighted by atomic mass is 9.99. The van der Waals surface area contributed by atoms with Crippen molar-refractivity contribution in [3.63, 3.8) is 0 Å². The van der Waals surface area contributed by atoms with Gasteiger partial charge in [0.2, 0.25) is 0 Å². The van der Waals surface area contributed by atoms with Crippen LogP contribution in [0.1, 0.15) is 36.3 Å². The second kappa shape index (κ2) is 6.92. The highest BCUT2D eigenvalue weighted by Gasteiger charge is 2.16. The van der Waals surface area contributed by atoms with E-state index in [0.717, 1.165) is 25.1 Å². The first-order valence-electron chi connectivity index (χ1n) is 6.73. The van der Waals surface area contributed by atoms with Gasteiger partial charge in [-0.2, -0.15) is 0 Å². The van der Waals surface area contributed by atoms with Crippen LogP contribution >= 0.6 is 15.9 Å². The zero-order valence-electron chi connectivity index (χ0n) is 11.4. The number of halogens is 1. The Morgan fingerprint density at radius 3 is 2.68 bits per heavy atom. The molecular weight excluding hydrogens is 302 g/mol. The quantitative estimate of drug-likeness (QED) is 0.838. The van der Waals surface area contributed by atoms with Gasteiger partial charge in [0.1, 0.15) is 5.76 Å². The van der Waals surface area contributed by atoms with Gasteiger partial charge in [0.05, 0.1) is 6.26 Å². The van der Waals surface area contributed by atoms with Crippen LogP contribution in [0.3, 0.4) is 0 Å². The van der Waals surface area contributed by atoms with E-state index in [1.165, 1.54) is 15.6 Å². The molecule has 0 radical (unpaired) electrons. The Morgan fingerprint density at radius 2 is 2.05 bits per heavy atom. The summed E-state index contributed by atoms with van der Waals surface area (Å²) >= 11 is 3.62. The van der Waals surface area contributed by atoms with Crippen LogP contribution in [0.25, 0.3) is 0 Å². The fourth-order valence-electron chi connectivity index (χ4n) is 2.25. The number of aryl methyl sites for hydroxylation is 1. The first-order chi connectivity index (χ1) is 9.22. The van der Waals surface area contributed by atoms with Gasteiger partial charge in [0.15, 0.2) is 0 Å². The van der Waals surface area contributed by atoms with Crippen LogP contribution in [-0.2, 0) is 6.42 Å². The van der Waals surface area contributed by atoms with Crippen molar-refractivity contribution in [1.82, 2.24) is 5.32 Å². The summed E-state index contributed by atoms with van der Waals surface area (Å²) in [5, 5.41) is 3.61. The average Bonchev–Trinajstić information content (AvgIpc) is 2.83. The summed E-state index contributed by atoms with van der Waals surface area (Å²) in [6, 6.07) is 10.8. The Bertz CT molecular complexity index is 521. The second-order valence-electron chi connectivity index (χ2n) is 4.73. The standard InChI is InChI=1S/C16H20BrNO/c1-3-9-18-16(14-8-10-19-12(14)2)11-13-6-4-5-7-15(13)17/h4-8,10,16,18H,3,9,11H2,1-2H3. The molecule has 102 valence electrons. The molecule has 0 saturated carbocycles. The van der Waals surface area contributed by atoms with Crippen molar-refractivity contribution in [3.05, 3.63) is 58.0 Å². The van der Waals surface area contributed by atoms with Gasteiger partial charge in [0, 0.05) is 16.1 Å². The van der Waals surface area contributed by atoms with E-state index in [0.29, 0.717) is 6.04 Å². The summed E-state index contributed by atoms with van der Waals surface area (Å²) in [6.07, 6.45) is 3.86. The molecule has 0 fully saturated rings. The summed E-state index contributed by atoms with van der Waals surface area (Å²) in [4.78, 5) is 0. The Kier molecular flexibility index (Phi) is 5.23. The minimum atomic E-state index is 0.303. The van der Waals surface area contributed by atoms with Crippen molar-refractivity contribution in [2.75, 3.05) is 6.54 Å². The average molecular weight is 322 g/mol. The zero-order valence-corrected chi connectivity index (χ0v) is 13.0. The van der Waals surface area contributed by atoms with E-state index in [1.54, 1.807) is 6.26 Å². The van der Waals surface area contributed by atoms with E-state index in [2.05, 4.69) is 52.4 Å². The maximum atomic E-state index is 5.44. The number of benzene rings is 1. The van der Waals surface area contributed by atoms with E-state index < -0.39 is 0 Å². The molecular formula is C16H20BrNO. The first-order valence-corrected chi connectivity index (χ1v) is 7.52. The molecule has 0 saturated heterocycles. The van der Waals surface area contributed by atoms with Gasteiger partial charge < -0.3 is 9.73 Å². The Morgan fingerprint density at radius 1 is 1.26 bits per heavy atom. The molecule has 0 spiro atoms. The van der Waals surface area contributed by atoms with Crippen molar-refractivity contribution < 1.29 is 4.42 Å². The maximum absolute atomic E-state index is 5.44. The lowest BCUT2D eigenvalue weighted by Gasteiger charge is -2.19. The molecule has 0 aliphatic heterocycles. The highest BCUT2D eigenvalue weighted by atomic mass is 79.9. The lowest BCUT2D eigenvalue weighted by Crippen LogP contribution is -2.24. The van der Waals surface area contributed by atoms with Crippen LogP contribution in [0.15, 0.2) is 45.5 Å². The molecule has 0 aliphatic rings. The van der Waals surface area contributed by atoms with Gasteiger partial charge in [-0.25, -0.2) is 0 Å². The smallest absolute Gasteiger partial charge is 0.105 e. The summed E-state index contributed by atoms with van der Waals surface area (Å²) in [5.74, 6) is 1.00. The summed E-state index contributed by atoms with van der Waals surface area (Å²) in [5.41, 5.74) is 2.57. The Balaban J connectivity index is 2.19. The van der Waals surface area contributed by atoms with Gasteiger partial charge in [-0.05, 0) is 44.0 Å². The number of hydrogen-bond acceptors (Lipinski definition) is 2. The van der Waals surface area contributed by atoms with Crippen molar-refractivity contribution in [2.24, 2.45) is 0 Å². The van der Waals surface area contributed by atoms with Crippen molar-refractivity contribution in [2.45, 2.75) is 32.7 Å². The molecule has 1 heterocycles. The largest absolute Gasteiger partial charge is 0.469 e. The molecule has 1 unspecified atom stereocenters. The molecule has 2 nitrogen and oxygen atoms in total. The fraction of sp³-hybridized carbons (Fsp3) is 0.375. The van der Waals surface area contributed by atoms with Gasteiger partial charge in [-0.15, -0.1) is 0 Å². The third-order valence-corrected chi connectivity index (χ3v) is 4.07. The van der Waals surface area contributed by atoms with Gasteiger partial charge in [-0.3, -0.25) is 0 Å². The van der Waals surface area contributed by atoms with Crippen molar-refractivity contribution in [1.29, 1.82) is 0 Å². The first kappa shape index (κ1) is 14.4. The predicted octanol–water partition coefficient (Wildman–Crippen LogP) is 4.63. The molecule has 2 rings (SSSR count). The topological polar surface area (TPSA) is 25.2 Å². The number of nitrogens with one attached hydrogen (secondary N) is 1. The molecule has 1 aromatic carbocycles. The fourth-order valence-corrected chi connectivity index (χ4v) is 2.70. The van der Waals surface area contributed by atoms with Crippen LogP contribution in [0, 0.1) is 6.92 Å². The predicted molar refractivity (Wildman–Crippen MR) is 82.3 cm³/mol. The Hall–Kier alpha value is -1.06. The van der Waals surface area contributed by atoms with E-state index in [9.17, 15) is 0 Å². The van der Waals surface area contributed by atoms with Crippen LogP contribution < -0.4 is 5.32 Å². The van der Waals surface area contributed by atoms with E-state index >= 15 is 0 Å². The molecule has 0 aliphatic carbocycles. The minimum Gasteiger partial charge on any atom is -0.469 e. The molecule has 19 heavy (non-hydrogen) atoms. The maximum Gasteiger partial charge on any atom is 0.105 e. The van der Waals surface area contributed by atoms with Gasteiger partial charge in [-0.1, -0.05) is 41.1 Å². The molecule has 1 atom stereocenters. The molecule has 1 N–H and O–H groups in total. The van der Waals surface area contributed by atoms with E-state index in [-0.39, 0.29) is 0 Å². The zero-order chi connectivity index (χ0) is 13.7. The number of furan rings is 1. The highest BCUT2D eigenvalue weighted by Crippen LogP contribution is 2.26. The third-order valence-electron chi connectivity index (χ3n) is 3.30. The van der Waals surface area contributed by atoms with Crippen LogP contribution in [0.2, 0.25) is 0 Å². The van der Waals surface area contributed by atoms with Gasteiger partial charge in [0.25, 0.3) is 0 Å². The summed E-state index contributed by atoms with van der Waals surface area (Å²) in [7, 11) is 0. The molecule has 3 heteroatoms. The SMILES string of the molecule is CCCNC(Cc1ccccc1Br)c1ccoc1C. The minimum absolute atomic E-state index is 0.303. The van der Waals surface area contributed by atoms with Gasteiger partial charge >= 0.3 is 0 Å². The normalized spacial score (nSPS) is 12.6. The second-order valence-corrected chi connectivity index (χ2v) is 5.59.